The Morgan fingerprint density at radius 2 is 1.83 bits per heavy atom. The third kappa shape index (κ3) is 2.40. The van der Waals surface area contributed by atoms with Gasteiger partial charge in [0.2, 0.25) is 0 Å². The van der Waals surface area contributed by atoms with E-state index in [1.165, 1.54) is 0 Å². The normalized spacial score (nSPS) is 54.2. The van der Waals surface area contributed by atoms with Gasteiger partial charge in [0.05, 0.1) is 23.9 Å². The number of aliphatic hydroxyl groups excluding tert-OH is 2. The van der Waals surface area contributed by atoms with Gasteiger partial charge in [-0.05, 0) is 74.7 Å². The highest BCUT2D eigenvalue weighted by Crippen LogP contribution is 2.70. The Hall–Kier alpha value is -0.950. The summed E-state index contributed by atoms with van der Waals surface area (Å²) >= 11 is 0. The second kappa shape index (κ2) is 6.28. The van der Waals surface area contributed by atoms with Crippen LogP contribution in [0.15, 0.2) is 11.6 Å². The predicted octanol–water partition coefficient (Wildman–Crippen LogP) is 1.69. The second-order valence-electron chi connectivity index (χ2n) is 10.8. The van der Waals surface area contributed by atoms with E-state index in [1.54, 1.807) is 6.08 Å². The van der Waals surface area contributed by atoms with Crippen LogP contribution in [0.5, 0.6) is 0 Å². The molecule has 0 bridgehead atoms. The highest BCUT2D eigenvalue weighted by molar-refractivity contribution is 5.85. The minimum Gasteiger partial charge on any atom is -0.458 e. The first-order chi connectivity index (χ1) is 13.7. The van der Waals surface area contributed by atoms with E-state index in [2.05, 4.69) is 6.92 Å². The van der Waals surface area contributed by atoms with Crippen LogP contribution in [-0.2, 0) is 9.53 Å². The van der Waals surface area contributed by atoms with Crippen LogP contribution < -0.4 is 0 Å². The Kier molecular flexibility index (Phi) is 4.33. The molecule has 0 radical (unpaired) electrons. The van der Waals surface area contributed by atoms with Crippen LogP contribution in [0, 0.1) is 28.6 Å². The molecule has 6 heteroatoms. The van der Waals surface area contributed by atoms with Crippen LogP contribution in [0.3, 0.4) is 0 Å². The number of carbonyl (C=O) groups excluding carboxylic acids is 1. The molecular formula is C23H34O6. The van der Waals surface area contributed by atoms with E-state index in [0.717, 1.165) is 24.8 Å². The van der Waals surface area contributed by atoms with E-state index in [4.69, 9.17) is 4.74 Å². The van der Waals surface area contributed by atoms with Crippen LogP contribution in [0.25, 0.3) is 0 Å². The van der Waals surface area contributed by atoms with Gasteiger partial charge in [0, 0.05) is 23.3 Å². The molecule has 0 aromatic carbocycles. The highest BCUT2D eigenvalue weighted by Gasteiger charge is 2.71. The molecule has 0 unspecified atom stereocenters. The van der Waals surface area contributed by atoms with Gasteiger partial charge in [-0.15, -0.1) is 0 Å². The summed E-state index contributed by atoms with van der Waals surface area (Å²) in [6.07, 6.45) is 7.02. The topological polar surface area (TPSA) is 107 Å². The fourth-order valence-corrected chi connectivity index (χ4v) is 8.52. The SMILES string of the molecule is C[C@]12CC[C@@H]3[C@H](CC[C@]4(O)C[C@H](O)CC[C@]34CO)[C@@]1(O)CC[C@@H]2C1=CC(=O)OC1. The summed E-state index contributed by atoms with van der Waals surface area (Å²) in [5.74, 6) is -0.0760. The molecular weight excluding hydrogens is 372 g/mol. The lowest BCUT2D eigenvalue weighted by atomic mass is 9.41. The predicted molar refractivity (Wildman–Crippen MR) is 105 cm³/mol. The van der Waals surface area contributed by atoms with Gasteiger partial charge in [0.15, 0.2) is 0 Å². The maximum absolute atomic E-state index is 12.1. The van der Waals surface area contributed by atoms with E-state index in [-0.39, 0.29) is 35.7 Å². The standard InChI is InChI=1S/C23H34O6/c1-20-6-3-17-18(4-8-22(27)11-15(25)2-7-21(17,22)13-24)23(20,28)9-5-16(20)14-10-19(26)29-12-14/h10,15-18,24-25,27-28H,2-9,11-13H2,1H3/t15-,16-,17-,18+,20-,21+,22+,23+/m1/s1. The molecule has 5 rings (SSSR count). The highest BCUT2D eigenvalue weighted by atomic mass is 16.5. The minimum absolute atomic E-state index is 0.0209. The van der Waals surface area contributed by atoms with Crippen molar-refractivity contribution in [2.75, 3.05) is 13.2 Å². The van der Waals surface area contributed by atoms with Crippen molar-refractivity contribution in [1.29, 1.82) is 0 Å². The van der Waals surface area contributed by atoms with Gasteiger partial charge >= 0.3 is 5.97 Å². The summed E-state index contributed by atoms with van der Waals surface area (Å²) in [6.45, 7) is 2.41. The van der Waals surface area contributed by atoms with E-state index in [1.807, 2.05) is 0 Å². The number of rotatable bonds is 2. The number of cyclic esters (lactones) is 1. The minimum atomic E-state index is -1.06. The molecule has 5 aliphatic rings. The van der Waals surface area contributed by atoms with Crippen molar-refractivity contribution in [3.8, 4) is 0 Å². The Morgan fingerprint density at radius 1 is 1.07 bits per heavy atom. The number of carbonyl (C=O) groups is 1. The number of hydrogen-bond donors (Lipinski definition) is 4. The van der Waals surface area contributed by atoms with Crippen molar-refractivity contribution in [3.05, 3.63) is 11.6 Å². The van der Waals surface area contributed by atoms with Gasteiger partial charge in [-0.1, -0.05) is 6.92 Å². The van der Waals surface area contributed by atoms with Gasteiger partial charge in [-0.2, -0.15) is 0 Å². The molecule has 6 nitrogen and oxygen atoms in total. The van der Waals surface area contributed by atoms with Crippen molar-refractivity contribution in [2.45, 2.75) is 82.0 Å². The first-order valence-corrected chi connectivity index (χ1v) is 11.3. The fraction of sp³-hybridized carbons (Fsp3) is 0.870. The molecule has 162 valence electrons. The summed E-state index contributed by atoms with van der Waals surface area (Å²) in [6, 6.07) is 0. The summed E-state index contributed by atoms with van der Waals surface area (Å²) in [4.78, 5) is 11.6. The lowest BCUT2D eigenvalue weighted by Crippen LogP contribution is -2.69. The molecule has 0 spiro atoms. The molecule has 1 aliphatic heterocycles. The first-order valence-electron chi connectivity index (χ1n) is 11.3. The van der Waals surface area contributed by atoms with Crippen molar-refractivity contribution < 1.29 is 30.0 Å². The smallest absolute Gasteiger partial charge is 0.331 e. The van der Waals surface area contributed by atoms with Crippen molar-refractivity contribution in [1.82, 2.24) is 0 Å². The molecule has 1 heterocycles. The zero-order valence-corrected chi connectivity index (χ0v) is 17.3. The Balaban J connectivity index is 1.51. The molecule has 4 aliphatic carbocycles. The quantitative estimate of drug-likeness (QED) is 0.520. The number of hydrogen-bond acceptors (Lipinski definition) is 6. The monoisotopic (exact) mass is 406 g/mol. The van der Waals surface area contributed by atoms with Crippen molar-refractivity contribution in [2.24, 2.45) is 28.6 Å². The van der Waals surface area contributed by atoms with Crippen LogP contribution in [0.2, 0.25) is 0 Å². The maximum atomic E-state index is 12.1. The molecule has 0 aromatic rings. The van der Waals surface area contributed by atoms with Gasteiger partial charge < -0.3 is 25.2 Å². The van der Waals surface area contributed by atoms with E-state index in [9.17, 15) is 25.2 Å². The molecule has 4 fully saturated rings. The lowest BCUT2D eigenvalue weighted by molar-refractivity contribution is -0.269. The largest absolute Gasteiger partial charge is 0.458 e. The Morgan fingerprint density at radius 3 is 2.52 bits per heavy atom. The van der Waals surface area contributed by atoms with Crippen molar-refractivity contribution in [3.63, 3.8) is 0 Å². The maximum Gasteiger partial charge on any atom is 0.331 e. The molecule has 0 aromatic heterocycles. The number of fused-ring (bicyclic) bond motifs is 5. The first kappa shape index (κ1) is 20.0. The van der Waals surface area contributed by atoms with Crippen molar-refractivity contribution >= 4 is 5.97 Å². The van der Waals surface area contributed by atoms with E-state index in [0.29, 0.717) is 45.1 Å². The van der Waals surface area contributed by atoms with Crippen LogP contribution in [0.4, 0.5) is 0 Å². The van der Waals surface area contributed by atoms with E-state index >= 15 is 0 Å². The second-order valence-corrected chi connectivity index (χ2v) is 10.8. The summed E-state index contributed by atoms with van der Waals surface area (Å²) < 4.78 is 5.17. The summed E-state index contributed by atoms with van der Waals surface area (Å²) in [7, 11) is 0. The molecule has 29 heavy (non-hydrogen) atoms. The number of ether oxygens (including phenoxy) is 1. The van der Waals surface area contributed by atoms with Gasteiger partial charge in [0.25, 0.3) is 0 Å². The van der Waals surface area contributed by atoms with Gasteiger partial charge in [-0.3, -0.25) is 0 Å². The van der Waals surface area contributed by atoms with Crippen LogP contribution in [-0.4, -0.2) is 56.9 Å². The van der Waals surface area contributed by atoms with Crippen LogP contribution >= 0.6 is 0 Å². The van der Waals surface area contributed by atoms with E-state index < -0.39 is 22.7 Å². The molecule has 8 atom stereocenters. The number of esters is 1. The molecule has 4 saturated carbocycles. The van der Waals surface area contributed by atoms with Gasteiger partial charge in [0.1, 0.15) is 6.61 Å². The zero-order valence-electron chi connectivity index (χ0n) is 17.3. The van der Waals surface area contributed by atoms with Crippen LogP contribution in [0.1, 0.15) is 64.7 Å². The molecule has 0 amide bonds. The van der Waals surface area contributed by atoms with Gasteiger partial charge in [-0.25, -0.2) is 4.79 Å². The number of aliphatic hydroxyl groups is 4. The average molecular weight is 407 g/mol. The summed E-state index contributed by atoms with van der Waals surface area (Å²) in [5, 5.41) is 44.4. The third-order valence-electron chi connectivity index (χ3n) is 10.1. The fourth-order valence-electron chi connectivity index (χ4n) is 8.52. The summed E-state index contributed by atoms with van der Waals surface area (Å²) in [5.41, 5.74) is -1.88. The zero-order chi connectivity index (χ0) is 20.7. The lowest BCUT2D eigenvalue weighted by Gasteiger charge is -2.66. The molecule has 4 N–H and O–H groups in total. The Labute approximate surface area is 172 Å². The average Bonchev–Trinajstić information content (AvgIpc) is 3.21. The third-order valence-corrected chi connectivity index (χ3v) is 10.1. The molecule has 0 saturated heterocycles. The Bertz CT molecular complexity index is 750.